The molecule has 0 bridgehead atoms. The Balaban J connectivity index is 2.21. The van der Waals surface area contributed by atoms with Gasteiger partial charge >= 0.3 is 0 Å². The number of nitrogens with one attached hydrogen (secondary N) is 2. The molecule has 0 aliphatic rings. The van der Waals surface area contributed by atoms with E-state index in [1.54, 1.807) is 18.4 Å². The second-order valence-corrected chi connectivity index (χ2v) is 5.73. The topological polar surface area (TPSA) is 67.8 Å². The minimum absolute atomic E-state index is 0.603. The van der Waals surface area contributed by atoms with Crippen molar-refractivity contribution >= 4 is 17.3 Å². The highest BCUT2D eigenvalue weighted by Crippen LogP contribution is 2.10. The molecular weight excluding hydrogens is 288 g/mol. The Morgan fingerprint density at radius 2 is 2.19 bits per heavy atom. The first-order valence-corrected chi connectivity index (χ1v) is 8.08. The van der Waals surface area contributed by atoms with E-state index in [4.69, 9.17) is 9.47 Å². The van der Waals surface area contributed by atoms with Gasteiger partial charge in [0.15, 0.2) is 5.96 Å². The lowest BCUT2D eigenvalue weighted by Crippen LogP contribution is -2.38. The number of hydrogen-bond acceptors (Lipinski definition) is 5. The SMILES string of the molecule is CCNC(=NCCOCCOC)NCCc1ncc(C)s1. The molecule has 7 heteroatoms. The fourth-order valence-electron chi connectivity index (χ4n) is 1.61. The fraction of sp³-hybridized carbons (Fsp3) is 0.714. The van der Waals surface area contributed by atoms with Crippen LogP contribution in [0.1, 0.15) is 16.8 Å². The zero-order valence-electron chi connectivity index (χ0n) is 13.1. The molecule has 0 radical (unpaired) electrons. The zero-order valence-corrected chi connectivity index (χ0v) is 14.0. The second-order valence-electron chi connectivity index (χ2n) is 4.41. The Morgan fingerprint density at radius 3 is 2.86 bits per heavy atom. The second kappa shape index (κ2) is 11.5. The van der Waals surface area contributed by atoms with E-state index in [1.165, 1.54) is 4.88 Å². The first-order valence-electron chi connectivity index (χ1n) is 7.26. The van der Waals surface area contributed by atoms with Gasteiger partial charge in [0.25, 0.3) is 0 Å². The minimum atomic E-state index is 0.603. The molecule has 6 nitrogen and oxygen atoms in total. The predicted molar refractivity (Wildman–Crippen MR) is 87.2 cm³/mol. The van der Waals surface area contributed by atoms with Crippen molar-refractivity contribution in [1.29, 1.82) is 0 Å². The number of methoxy groups -OCH3 is 1. The highest BCUT2D eigenvalue weighted by atomic mass is 32.1. The maximum Gasteiger partial charge on any atom is 0.191 e. The number of guanidine groups is 1. The average Bonchev–Trinajstić information content (AvgIpc) is 2.88. The Morgan fingerprint density at radius 1 is 1.33 bits per heavy atom. The first-order chi connectivity index (χ1) is 10.3. The number of aromatic nitrogens is 1. The van der Waals surface area contributed by atoms with Crippen LogP contribution >= 0.6 is 11.3 Å². The fourth-order valence-corrected chi connectivity index (χ4v) is 2.40. The van der Waals surface area contributed by atoms with E-state index in [-0.39, 0.29) is 0 Å². The van der Waals surface area contributed by atoms with Crippen LogP contribution in [0.4, 0.5) is 0 Å². The van der Waals surface area contributed by atoms with Crippen molar-refractivity contribution in [3.63, 3.8) is 0 Å². The molecule has 0 atom stereocenters. The Bertz CT molecular complexity index is 409. The van der Waals surface area contributed by atoms with Gasteiger partial charge in [-0.2, -0.15) is 0 Å². The summed E-state index contributed by atoms with van der Waals surface area (Å²) >= 11 is 1.74. The van der Waals surface area contributed by atoms with Gasteiger partial charge in [0.05, 0.1) is 31.4 Å². The summed E-state index contributed by atoms with van der Waals surface area (Å²) in [5.74, 6) is 0.820. The van der Waals surface area contributed by atoms with Gasteiger partial charge in [-0.15, -0.1) is 11.3 Å². The summed E-state index contributed by atoms with van der Waals surface area (Å²) < 4.78 is 10.3. The summed E-state index contributed by atoms with van der Waals surface area (Å²) in [7, 11) is 1.67. The van der Waals surface area contributed by atoms with Crippen molar-refractivity contribution in [1.82, 2.24) is 15.6 Å². The molecule has 0 aromatic carbocycles. The number of rotatable bonds is 10. The molecule has 2 N–H and O–H groups in total. The predicted octanol–water partition coefficient (Wildman–Crippen LogP) is 1.21. The molecule has 0 saturated heterocycles. The summed E-state index contributed by atoms with van der Waals surface area (Å²) in [6, 6.07) is 0. The summed E-state index contributed by atoms with van der Waals surface area (Å²) in [5.41, 5.74) is 0. The third kappa shape index (κ3) is 8.64. The van der Waals surface area contributed by atoms with Crippen LogP contribution in [0.3, 0.4) is 0 Å². The number of thiazole rings is 1. The van der Waals surface area contributed by atoms with Gasteiger partial charge in [-0.1, -0.05) is 0 Å². The normalized spacial score (nSPS) is 11.7. The molecule has 0 spiro atoms. The van der Waals surface area contributed by atoms with Crippen LogP contribution < -0.4 is 10.6 Å². The molecule has 1 heterocycles. The van der Waals surface area contributed by atoms with Crippen molar-refractivity contribution in [2.45, 2.75) is 20.3 Å². The van der Waals surface area contributed by atoms with Crippen molar-refractivity contribution in [3.05, 3.63) is 16.1 Å². The Labute approximate surface area is 131 Å². The van der Waals surface area contributed by atoms with Crippen LogP contribution in [-0.4, -0.2) is 57.5 Å². The smallest absolute Gasteiger partial charge is 0.191 e. The molecule has 21 heavy (non-hydrogen) atoms. The van der Waals surface area contributed by atoms with E-state index in [2.05, 4.69) is 34.5 Å². The highest BCUT2D eigenvalue weighted by molar-refractivity contribution is 7.11. The van der Waals surface area contributed by atoms with Crippen LogP contribution in [0, 0.1) is 6.92 Å². The molecule has 120 valence electrons. The summed E-state index contributed by atoms with van der Waals surface area (Å²) in [4.78, 5) is 10.1. The maximum absolute atomic E-state index is 5.38. The van der Waals surface area contributed by atoms with E-state index in [1.807, 2.05) is 6.20 Å². The lowest BCUT2D eigenvalue weighted by molar-refractivity contribution is 0.0748. The Hall–Kier alpha value is -1.18. The van der Waals surface area contributed by atoms with E-state index in [9.17, 15) is 0 Å². The molecule has 0 saturated carbocycles. The van der Waals surface area contributed by atoms with Gasteiger partial charge in [0, 0.05) is 37.7 Å². The number of nitrogens with zero attached hydrogens (tertiary/aromatic N) is 2. The summed E-state index contributed by atoms with van der Waals surface area (Å²) in [6.45, 7) is 8.26. The molecule has 0 fully saturated rings. The van der Waals surface area contributed by atoms with Gasteiger partial charge in [0.1, 0.15) is 0 Å². The van der Waals surface area contributed by atoms with E-state index >= 15 is 0 Å². The maximum atomic E-state index is 5.38. The highest BCUT2D eigenvalue weighted by Gasteiger charge is 2.00. The van der Waals surface area contributed by atoms with Crippen molar-refractivity contribution in [2.75, 3.05) is 46.6 Å². The number of ether oxygens (including phenoxy) is 2. The number of hydrogen-bond donors (Lipinski definition) is 2. The molecule has 0 amide bonds. The van der Waals surface area contributed by atoms with Gasteiger partial charge < -0.3 is 20.1 Å². The van der Waals surface area contributed by atoms with Gasteiger partial charge in [-0.05, 0) is 13.8 Å². The van der Waals surface area contributed by atoms with Gasteiger partial charge in [0.2, 0.25) is 0 Å². The summed E-state index contributed by atoms with van der Waals surface area (Å²) in [5, 5.41) is 7.68. The minimum Gasteiger partial charge on any atom is -0.382 e. The van der Waals surface area contributed by atoms with Crippen LogP contribution in [0.15, 0.2) is 11.2 Å². The Kier molecular flexibility index (Phi) is 9.77. The van der Waals surface area contributed by atoms with Crippen molar-refractivity contribution in [2.24, 2.45) is 4.99 Å². The largest absolute Gasteiger partial charge is 0.382 e. The standard InChI is InChI=1S/C14H26N4O2S/c1-4-15-14(17-7-8-20-10-9-19-3)16-6-5-13-18-11-12(2)21-13/h11H,4-10H2,1-3H3,(H2,15,16,17). The van der Waals surface area contributed by atoms with Crippen LogP contribution in [0.2, 0.25) is 0 Å². The third-order valence-corrected chi connectivity index (χ3v) is 3.55. The number of aryl methyl sites for hydroxylation is 1. The zero-order chi connectivity index (χ0) is 15.3. The third-order valence-electron chi connectivity index (χ3n) is 2.58. The molecule has 1 aromatic rings. The van der Waals surface area contributed by atoms with Crippen molar-refractivity contribution < 1.29 is 9.47 Å². The molecule has 1 aromatic heterocycles. The molecule has 1 rings (SSSR count). The monoisotopic (exact) mass is 314 g/mol. The van der Waals surface area contributed by atoms with E-state index < -0.39 is 0 Å². The molecule has 0 unspecified atom stereocenters. The lowest BCUT2D eigenvalue weighted by atomic mass is 10.4. The van der Waals surface area contributed by atoms with Crippen LogP contribution in [0.25, 0.3) is 0 Å². The first kappa shape index (κ1) is 17.9. The average molecular weight is 314 g/mol. The molecule has 0 aliphatic heterocycles. The van der Waals surface area contributed by atoms with Gasteiger partial charge in [-0.3, -0.25) is 4.99 Å². The van der Waals surface area contributed by atoms with Crippen LogP contribution in [-0.2, 0) is 15.9 Å². The quantitative estimate of drug-likeness (QED) is 0.386. The van der Waals surface area contributed by atoms with Crippen LogP contribution in [0.5, 0.6) is 0 Å². The van der Waals surface area contributed by atoms with Crippen molar-refractivity contribution in [3.8, 4) is 0 Å². The van der Waals surface area contributed by atoms with E-state index in [0.717, 1.165) is 30.5 Å². The van der Waals surface area contributed by atoms with Gasteiger partial charge in [-0.25, -0.2) is 4.98 Å². The molecule has 0 aliphatic carbocycles. The summed E-state index contributed by atoms with van der Waals surface area (Å²) in [6.07, 6.45) is 2.82. The number of aliphatic imine (C=N–C) groups is 1. The lowest BCUT2D eigenvalue weighted by Gasteiger charge is -2.10. The molecular formula is C14H26N4O2S. The van der Waals surface area contributed by atoms with E-state index in [0.29, 0.717) is 26.4 Å².